The van der Waals surface area contributed by atoms with E-state index in [4.69, 9.17) is 5.73 Å². The van der Waals surface area contributed by atoms with E-state index in [9.17, 15) is 0 Å². The Morgan fingerprint density at radius 1 is 1.50 bits per heavy atom. The van der Waals surface area contributed by atoms with E-state index in [2.05, 4.69) is 29.2 Å². The van der Waals surface area contributed by atoms with Crippen molar-refractivity contribution in [1.29, 1.82) is 0 Å². The normalized spacial score (nSPS) is 11.1. The molecule has 0 fully saturated rings. The second kappa shape index (κ2) is 3.17. The van der Waals surface area contributed by atoms with Crippen LogP contribution in [0.3, 0.4) is 0 Å². The molecule has 5 heteroatoms. The van der Waals surface area contributed by atoms with Crippen molar-refractivity contribution in [1.82, 2.24) is 14.6 Å². The van der Waals surface area contributed by atoms with Crippen LogP contribution in [0, 0.1) is 0 Å². The molecule has 0 spiro atoms. The number of rotatable bonds is 2. The van der Waals surface area contributed by atoms with E-state index >= 15 is 0 Å². The summed E-state index contributed by atoms with van der Waals surface area (Å²) in [6.45, 7) is 4.15. The predicted molar refractivity (Wildman–Crippen MR) is 56.2 cm³/mol. The van der Waals surface area contributed by atoms with Crippen LogP contribution in [0.25, 0.3) is 5.65 Å². The van der Waals surface area contributed by atoms with Crippen LogP contribution in [0.15, 0.2) is 18.3 Å². The van der Waals surface area contributed by atoms with Gasteiger partial charge in [0.2, 0.25) is 5.95 Å². The number of pyridine rings is 1. The van der Waals surface area contributed by atoms with Crippen molar-refractivity contribution in [3.8, 4) is 0 Å². The van der Waals surface area contributed by atoms with Gasteiger partial charge in [-0.3, -0.25) is 0 Å². The van der Waals surface area contributed by atoms with Crippen LogP contribution in [-0.4, -0.2) is 20.6 Å². The predicted octanol–water partition coefficient (Wildman–Crippen LogP) is 1.13. The number of nitrogens with two attached hydrogens (primary N) is 1. The lowest BCUT2D eigenvalue weighted by atomic mass is 10.3. The Bertz CT molecular complexity index is 445. The lowest BCUT2D eigenvalue weighted by molar-refractivity contribution is 0.894. The molecule has 0 amide bonds. The van der Waals surface area contributed by atoms with Crippen molar-refractivity contribution in [2.45, 2.75) is 19.9 Å². The topological polar surface area (TPSA) is 68.2 Å². The summed E-state index contributed by atoms with van der Waals surface area (Å²) in [4.78, 5) is 4.13. The Morgan fingerprint density at radius 3 is 3.00 bits per heavy atom. The second-order valence-corrected chi connectivity index (χ2v) is 3.46. The van der Waals surface area contributed by atoms with Crippen LogP contribution in [0.5, 0.6) is 0 Å². The van der Waals surface area contributed by atoms with Gasteiger partial charge in [0.25, 0.3) is 0 Å². The molecule has 2 rings (SSSR count). The number of anilines is 2. The molecule has 14 heavy (non-hydrogen) atoms. The summed E-state index contributed by atoms with van der Waals surface area (Å²) < 4.78 is 1.67. The van der Waals surface area contributed by atoms with Crippen molar-refractivity contribution in [3.05, 3.63) is 18.3 Å². The number of nitrogens with one attached hydrogen (secondary N) is 1. The molecule has 0 aliphatic rings. The molecular formula is C9H13N5. The first-order valence-electron chi connectivity index (χ1n) is 4.54. The number of aromatic nitrogens is 3. The summed E-state index contributed by atoms with van der Waals surface area (Å²) in [6, 6.07) is 4.23. The zero-order valence-corrected chi connectivity index (χ0v) is 8.23. The van der Waals surface area contributed by atoms with E-state index in [0.29, 0.717) is 12.0 Å². The molecule has 0 bridgehead atoms. The second-order valence-electron chi connectivity index (χ2n) is 3.46. The maximum absolute atomic E-state index is 5.52. The van der Waals surface area contributed by atoms with Gasteiger partial charge in [0.15, 0.2) is 5.65 Å². The van der Waals surface area contributed by atoms with Gasteiger partial charge in [0.05, 0.1) is 5.69 Å². The molecule has 0 atom stereocenters. The highest BCUT2D eigenvalue weighted by atomic mass is 15.3. The molecule has 3 N–H and O–H groups in total. The van der Waals surface area contributed by atoms with Crippen molar-refractivity contribution < 1.29 is 0 Å². The Kier molecular flexibility index (Phi) is 1.99. The van der Waals surface area contributed by atoms with Gasteiger partial charge >= 0.3 is 0 Å². The van der Waals surface area contributed by atoms with E-state index in [1.165, 1.54) is 0 Å². The molecule has 0 unspecified atom stereocenters. The van der Waals surface area contributed by atoms with Crippen LogP contribution in [0.2, 0.25) is 0 Å². The van der Waals surface area contributed by atoms with Gasteiger partial charge in [-0.15, -0.1) is 5.10 Å². The zero-order valence-electron chi connectivity index (χ0n) is 8.23. The summed E-state index contributed by atoms with van der Waals surface area (Å²) in [6.07, 6.45) is 1.82. The highest BCUT2D eigenvalue weighted by Crippen LogP contribution is 2.15. The van der Waals surface area contributed by atoms with Crippen LogP contribution < -0.4 is 11.1 Å². The Balaban J connectivity index is 2.53. The third-order valence-corrected chi connectivity index (χ3v) is 1.82. The van der Waals surface area contributed by atoms with E-state index in [1.807, 2.05) is 18.3 Å². The first-order chi connectivity index (χ1) is 6.66. The number of fused-ring (bicyclic) bond motifs is 1. The van der Waals surface area contributed by atoms with Crippen LogP contribution >= 0.6 is 0 Å². The SMILES string of the molecule is CC(C)Nc1cccn2nc(N)nc12. The van der Waals surface area contributed by atoms with E-state index in [1.54, 1.807) is 4.52 Å². The maximum Gasteiger partial charge on any atom is 0.240 e. The van der Waals surface area contributed by atoms with E-state index < -0.39 is 0 Å². The van der Waals surface area contributed by atoms with Crippen LogP contribution in [0.1, 0.15) is 13.8 Å². The molecule has 74 valence electrons. The largest absolute Gasteiger partial charge is 0.380 e. The quantitative estimate of drug-likeness (QED) is 0.746. The molecule has 0 aromatic carbocycles. The molecular weight excluding hydrogens is 178 g/mol. The average molecular weight is 191 g/mol. The number of hydrogen-bond acceptors (Lipinski definition) is 4. The smallest absolute Gasteiger partial charge is 0.240 e. The zero-order chi connectivity index (χ0) is 10.1. The van der Waals surface area contributed by atoms with Crippen molar-refractivity contribution >= 4 is 17.3 Å². The molecule has 0 aliphatic heterocycles. The van der Waals surface area contributed by atoms with Gasteiger partial charge in [0.1, 0.15) is 0 Å². The van der Waals surface area contributed by atoms with Gasteiger partial charge in [-0.1, -0.05) is 0 Å². The highest BCUT2D eigenvalue weighted by Gasteiger charge is 2.05. The molecule has 0 saturated carbocycles. The maximum atomic E-state index is 5.52. The highest BCUT2D eigenvalue weighted by molar-refractivity contribution is 5.68. The average Bonchev–Trinajstić information content (AvgIpc) is 2.45. The molecule has 2 aromatic rings. The fraction of sp³-hybridized carbons (Fsp3) is 0.333. The van der Waals surface area contributed by atoms with E-state index in [-0.39, 0.29) is 0 Å². The third-order valence-electron chi connectivity index (χ3n) is 1.82. The van der Waals surface area contributed by atoms with Gasteiger partial charge in [-0.05, 0) is 26.0 Å². The molecule has 5 nitrogen and oxygen atoms in total. The first kappa shape index (κ1) is 8.80. The molecule has 0 saturated heterocycles. The summed E-state index contributed by atoms with van der Waals surface area (Å²) in [5.74, 6) is 0.294. The number of nitrogens with zero attached hydrogens (tertiary/aromatic N) is 3. The summed E-state index contributed by atoms with van der Waals surface area (Å²) >= 11 is 0. The summed E-state index contributed by atoms with van der Waals surface area (Å²) in [5, 5.41) is 7.31. The lowest BCUT2D eigenvalue weighted by Gasteiger charge is -2.09. The fourth-order valence-electron chi connectivity index (χ4n) is 1.35. The minimum atomic E-state index is 0.294. The van der Waals surface area contributed by atoms with Crippen molar-refractivity contribution in [2.24, 2.45) is 0 Å². The monoisotopic (exact) mass is 191 g/mol. The first-order valence-corrected chi connectivity index (χ1v) is 4.54. The standard InChI is InChI=1S/C9H13N5/c1-6(2)11-7-4-3-5-14-8(7)12-9(10)13-14/h3-6,11H,1-2H3,(H2,10,13). The summed E-state index contributed by atoms with van der Waals surface area (Å²) in [5.41, 5.74) is 7.23. The van der Waals surface area contributed by atoms with Gasteiger partial charge < -0.3 is 11.1 Å². The van der Waals surface area contributed by atoms with Gasteiger partial charge in [-0.25, -0.2) is 4.52 Å². The van der Waals surface area contributed by atoms with Gasteiger partial charge in [0, 0.05) is 12.2 Å². The van der Waals surface area contributed by atoms with E-state index in [0.717, 1.165) is 11.3 Å². The third kappa shape index (κ3) is 1.48. The number of hydrogen-bond donors (Lipinski definition) is 2. The fourth-order valence-corrected chi connectivity index (χ4v) is 1.35. The lowest BCUT2D eigenvalue weighted by Crippen LogP contribution is -2.10. The molecule has 0 aliphatic carbocycles. The van der Waals surface area contributed by atoms with Crippen LogP contribution in [0.4, 0.5) is 11.6 Å². The van der Waals surface area contributed by atoms with Gasteiger partial charge in [-0.2, -0.15) is 4.98 Å². The Morgan fingerprint density at radius 2 is 2.29 bits per heavy atom. The molecule has 0 radical (unpaired) electrons. The molecule has 2 aromatic heterocycles. The summed E-state index contributed by atoms with van der Waals surface area (Å²) in [7, 11) is 0. The minimum absolute atomic E-state index is 0.294. The minimum Gasteiger partial charge on any atom is -0.380 e. The van der Waals surface area contributed by atoms with Crippen molar-refractivity contribution in [2.75, 3.05) is 11.1 Å². The Hall–Kier alpha value is -1.78. The van der Waals surface area contributed by atoms with Crippen LogP contribution in [-0.2, 0) is 0 Å². The van der Waals surface area contributed by atoms with Crippen molar-refractivity contribution in [3.63, 3.8) is 0 Å². The number of nitrogen functional groups attached to an aromatic ring is 1. The molecule has 2 heterocycles. The Labute approximate surface area is 81.9 Å².